The topological polar surface area (TPSA) is 0 Å². The number of rotatable bonds is 0. The zero-order valence-corrected chi connectivity index (χ0v) is 10.9. The fraction of sp³-hybridized carbons (Fsp3) is 0.143. The Bertz CT molecular complexity index is 917. The van der Waals surface area contributed by atoms with Crippen LogP contribution in [0.2, 0.25) is 0 Å². The standard InChI is InChI=1S/C19H14.2CH4/c1-13-5-4-8-18-17(13)10-9-16-11-14-6-2-3-7-15(14)12-19(16)18;;/h2-12H,1H3;2*1H4. The number of fused-ring (bicyclic) bond motifs is 4. The second kappa shape index (κ2) is 5.57. The predicted octanol–water partition coefficient (Wildman–Crippen LogP) is 6.73. The minimum atomic E-state index is 0. The highest BCUT2D eigenvalue weighted by Crippen LogP contribution is 2.30. The summed E-state index contributed by atoms with van der Waals surface area (Å²) in [6.07, 6.45) is 0. The van der Waals surface area contributed by atoms with Crippen molar-refractivity contribution in [3.05, 3.63) is 72.3 Å². The van der Waals surface area contributed by atoms with E-state index in [1.54, 1.807) is 0 Å². The fourth-order valence-electron chi connectivity index (χ4n) is 2.94. The third kappa shape index (κ3) is 2.27. The van der Waals surface area contributed by atoms with Gasteiger partial charge in [-0.15, -0.1) is 0 Å². The molecule has 0 fully saturated rings. The Labute approximate surface area is 127 Å². The molecule has 0 aromatic heterocycles. The predicted molar refractivity (Wildman–Crippen MR) is 97.2 cm³/mol. The molecule has 4 rings (SSSR count). The summed E-state index contributed by atoms with van der Waals surface area (Å²) in [6, 6.07) is 24.2. The number of hydrogen-bond acceptors (Lipinski definition) is 0. The Balaban J connectivity index is 0.000000807. The highest BCUT2D eigenvalue weighted by atomic mass is 14.1. The van der Waals surface area contributed by atoms with Gasteiger partial charge in [0.1, 0.15) is 0 Å². The van der Waals surface area contributed by atoms with Crippen molar-refractivity contribution in [1.29, 1.82) is 0 Å². The van der Waals surface area contributed by atoms with E-state index < -0.39 is 0 Å². The summed E-state index contributed by atoms with van der Waals surface area (Å²) < 4.78 is 0. The van der Waals surface area contributed by atoms with Crippen LogP contribution in [0, 0.1) is 6.92 Å². The van der Waals surface area contributed by atoms with E-state index in [2.05, 4.69) is 73.7 Å². The van der Waals surface area contributed by atoms with Crippen LogP contribution < -0.4 is 0 Å². The molecule has 106 valence electrons. The van der Waals surface area contributed by atoms with Gasteiger partial charge < -0.3 is 0 Å². The van der Waals surface area contributed by atoms with Crippen molar-refractivity contribution in [1.82, 2.24) is 0 Å². The smallest absolute Gasteiger partial charge is 0.00989 e. The summed E-state index contributed by atoms with van der Waals surface area (Å²) in [5.74, 6) is 0. The average molecular weight is 274 g/mol. The number of benzene rings is 4. The Kier molecular flexibility index (Phi) is 3.99. The van der Waals surface area contributed by atoms with Crippen LogP contribution in [0.15, 0.2) is 66.7 Å². The van der Waals surface area contributed by atoms with Crippen LogP contribution in [0.3, 0.4) is 0 Å². The molecule has 0 nitrogen and oxygen atoms in total. The van der Waals surface area contributed by atoms with Crippen LogP contribution in [0.25, 0.3) is 32.3 Å². The second-order valence-corrected chi connectivity index (χ2v) is 5.16. The summed E-state index contributed by atoms with van der Waals surface area (Å²) in [7, 11) is 0. The lowest BCUT2D eigenvalue weighted by Crippen LogP contribution is -1.82. The van der Waals surface area contributed by atoms with E-state index in [1.165, 1.54) is 37.9 Å². The van der Waals surface area contributed by atoms with Gasteiger partial charge in [-0.1, -0.05) is 69.5 Å². The molecule has 4 aromatic rings. The first kappa shape index (κ1) is 15.1. The summed E-state index contributed by atoms with van der Waals surface area (Å²) >= 11 is 0. The van der Waals surface area contributed by atoms with E-state index >= 15 is 0 Å². The van der Waals surface area contributed by atoms with Crippen LogP contribution in [0.4, 0.5) is 0 Å². The molecule has 0 N–H and O–H groups in total. The molecule has 0 radical (unpaired) electrons. The van der Waals surface area contributed by atoms with Crippen molar-refractivity contribution in [2.24, 2.45) is 0 Å². The van der Waals surface area contributed by atoms with Crippen molar-refractivity contribution in [3.63, 3.8) is 0 Å². The van der Waals surface area contributed by atoms with Crippen LogP contribution in [0.1, 0.15) is 20.4 Å². The Morgan fingerprint density at radius 1 is 0.524 bits per heavy atom. The zero-order valence-electron chi connectivity index (χ0n) is 10.9. The molecular formula is C21H22. The molecule has 0 heterocycles. The minimum Gasteiger partial charge on any atom is -0.0776 e. The number of aryl methyl sites for hydroxylation is 1. The zero-order chi connectivity index (χ0) is 12.8. The lowest BCUT2D eigenvalue weighted by Gasteiger charge is -2.08. The molecule has 0 saturated heterocycles. The van der Waals surface area contributed by atoms with E-state index in [0.29, 0.717) is 0 Å². The summed E-state index contributed by atoms with van der Waals surface area (Å²) in [5.41, 5.74) is 1.34. The van der Waals surface area contributed by atoms with Gasteiger partial charge in [0.2, 0.25) is 0 Å². The maximum Gasteiger partial charge on any atom is -0.00989 e. The first-order valence-corrected chi connectivity index (χ1v) is 6.64. The molecule has 0 atom stereocenters. The molecule has 0 unspecified atom stereocenters. The summed E-state index contributed by atoms with van der Waals surface area (Å²) in [4.78, 5) is 0. The van der Waals surface area contributed by atoms with Crippen molar-refractivity contribution in [2.45, 2.75) is 21.8 Å². The average Bonchev–Trinajstić information content (AvgIpc) is 2.45. The normalized spacial score (nSPS) is 10.3. The van der Waals surface area contributed by atoms with E-state index in [9.17, 15) is 0 Å². The van der Waals surface area contributed by atoms with Gasteiger partial charge in [0.25, 0.3) is 0 Å². The van der Waals surface area contributed by atoms with Gasteiger partial charge in [0.15, 0.2) is 0 Å². The van der Waals surface area contributed by atoms with Gasteiger partial charge in [-0.25, -0.2) is 0 Å². The van der Waals surface area contributed by atoms with Gasteiger partial charge in [0.05, 0.1) is 0 Å². The van der Waals surface area contributed by atoms with Crippen molar-refractivity contribution in [2.75, 3.05) is 0 Å². The van der Waals surface area contributed by atoms with Crippen molar-refractivity contribution >= 4 is 32.3 Å². The molecule has 21 heavy (non-hydrogen) atoms. The lowest BCUT2D eigenvalue weighted by atomic mass is 9.96. The van der Waals surface area contributed by atoms with E-state index in [4.69, 9.17) is 0 Å². The van der Waals surface area contributed by atoms with Crippen molar-refractivity contribution in [3.8, 4) is 0 Å². The van der Waals surface area contributed by atoms with Gasteiger partial charge in [0, 0.05) is 0 Å². The molecule has 0 saturated carbocycles. The van der Waals surface area contributed by atoms with Crippen LogP contribution in [-0.2, 0) is 0 Å². The maximum atomic E-state index is 2.31. The molecule has 0 aliphatic carbocycles. The summed E-state index contributed by atoms with van der Waals surface area (Å²) in [6.45, 7) is 2.18. The molecule has 0 aliphatic rings. The molecule has 0 bridgehead atoms. The Morgan fingerprint density at radius 3 is 2.00 bits per heavy atom. The second-order valence-electron chi connectivity index (χ2n) is 5.16. The lowest BCUT2D eigenvalue weighted by molar-refractivity contribution is 1.54. The van der Waals surface area contributed by atoms with Crippen molar-refractivity contribution < 1.29 is 0 Å². The summed E-state index contributed by atoms with van der Waals surface area (Å²) in [5, 5.41) is 7.98. The minimum absolute atomic E-state index is 0. The molecule has 0 amide bonds. The molecule has 0 heteroatoms. The fourth-order valence-corrected chi connectivity index (χ4v) is 2.94. The Hall–Kier alpha value is -2.34. The molecule has 0 spiro atoms. The largest absolute Gasteiger partial charge is 0.0776 e. The third-order valence-corrected chi connectivity index (χ3v) is 3.96. The van der Waals surface area contributed by atoms with E-state index in [0.717, 1.165) is 0 Å². The quantitative estimate of drug-likeness (QED) is 0.246. The van der Waals surface area contributed by atoms with E-state index in [1.807, 2.05) is 0 Å². The van der Waals surface area contributed by atoms with Gasteiger partial charge in [-0.2, -0.15) is 0 Å². The first-order chi connectivity index (χ1) is 9.33. The highest BCUT2D eigenvalue weighted by molar-refractivity contribution is 6.12. The Morgan fingerprint density at radius 2 is 1.24 bits per heavy atom. The van der Waals surface area contributed by atoms with Gasteiger partial charge >= 0.3 is 0 Å². The van der Waals surface area contributed by atoms with Gasteiger partial charge in [-0.3, -0.25) is 0 Å². The SMILES string of the molecule is C.C.Cc1cccc2c1ccc1cc3ccccc3cc12. The first-order valence-electron chi connectivity index (χ1n) is 6.64. The van der Waals surface area contributed by atoms with E-state index in [-0.39, 0.29) is 14.9 Å². The maximum absolute atomic E-state index is 2.31. The molecule has 4 aromatic carbocycles. The number of hydrogen-bond donors (Lipinski definition) is 0. The van der Waals surface area contributed by atoms with Crippen LogP contribution >= 0.6 is 0 Å². The van der Waals surface area contributed by atoms with Gasteiger partial charge in [-0.05, 0) is 56.9 Å². The molecular weight excluding hydrogens is 252 g/mol. The highest BCUT2D eigenvalue weighted by Gasteiger charge is 2.03. The third-order valence-electron chi connectivity index (χ3n) is 3.96. The molecule has 0 aliphatic heterocycles. The monoisotopic (exact) mass is 274 g/mol. The van der Waals surface area contributed by atoms with Crippen LogP contribution in [-0.4, -0.2) is 0 Å². The van der Waals surface area contributed by atoms with Crippen LogP contribution in [0.5, 0.6) is 0 Å².